The number of hydrogen-bond donors (Lipinski definition) is 1. The van der Waals surface area contributed by atoms with E-state index in [1.807, 2.05) is 50.2 Å². The Morgan fingerprint density at radius 3 is 2.66 bits per heavy atom. The normalized spacial score (nSPS) is 11.8. The molecule has 1 N–H and O–H groups in total. The molecule has 0 amide bonds. The van der Waals surface area contributed by atoms with Gasteiger partial charge in [-0.1, -0.05) is 48.0 Å². The highest BCUT2D eigenvalue weighted by molar-refractivity contribution is 6.29. The molecule has 0 saturated heterocycles. The molecular weight excluding hydrogens is 464 g/mol. The third-order valence-electron chi connectivity index (χ3n) is 5.69. The van der Waals surface area contributed by atoms with Crippen LogP contribution in [0.3, 0.4) is 0 Å². The molecule has 0 bridgehead atoms. The monoisotopic (exact) mass is 482 g/mol. The fourth-order valence-corrected chi connectivity index (χ4v) is 4.25. The molecule has 35 heavy (non-hydrogen) atoms. The largest absolute Gasteiger partial charge is 0.455 e. The van der Waals surface area contributed by atoms with E-state index in [9.17, 15) is 10.1 Å². The van der Waals surface area contributed by atoms with E-state index >= 15 is 0 Å². The van der Waals surface area contributed by atoms with E-state index in [-0.39, 0.29) is 22.3 Å². The van der Waals surface area contributed by atoms with Crippen molar-refractivity contribution < 1.29 is 8.83 Å². The lowest BCUT2D eigenvalue weighted by molar-refractivity contribution is 0.558. The number of oxazole rings is 1. The zero-order chi connectivity index (χ0) is 24.5. The number of fused-ring (bicyclic) bond motifs is 1. The SMILES string of the molecule is Cc1cc([C@@H](C)Nc2ccc(Cl)nc2C#N)c2oc(-c3ccccc3)c(-c3cocn3)c(=O)c2c1. The van der Waals surface area contributed by atoms with Crippen molar-refractivity contribution in [1.82, 2.24) is 9.97 Å². The number of aryl methyl sites for hydroxylation is 1. The van der Waals surface area contributed by atoms with Crippen molar-refractivity contribution in [3.63, 3.8) is 0 Å². The van der Waals surface area contributed by atoms with Crippen molar-refractivity contribution in [1.29, 1.82) is 5.26 Å². The van der Waals surface area contributed by atoms with Gasteiger partial charge in [0.15, 0.2) is 12.1 Å². The van der Waals surface area contributed by atoms with Gasteiger partial charge < -0.3 is 14.2 Å². The van der Waals surface area contributed by atoms with Gasteiger partial charge in [-0.2, -0.15) is 5.26 Å². The standard InChI is InChI=1S/C27H19ClN4O3/c1-15-10-18(16(2)31-20-8-9-23(28)32-21(20)12-29)27-19(11-15)25(33)24(22-13-34-14-30-22)26(35-27)17-6-4-3-5-7-17/h3-11,13-14,16,31H,1-2H3/t16-/m1/s1. The summed E-state index contributed by atoms with van der Waals surface area (Å²) in [4.78, 5) is 22.1. The Balaban J connectivity index is 1.74. The number of rotatable bonds is 5. The minimum absolute atomic E-state index is 0.182. The van der Waals surface area contributed by atoms with Gasteiger partial charge >= 0.3 is 0 Å². The van der Waals surface area contributed by atoms with Crippen molar-refractivity contribution in [2.24, 2.45) is 0 Å². The summed E-state index contributed by atoms with van der Waals surface area (Å²) in [5.74, 6) is 0.403. The second-order valence-corrected chi connectivity index (χ2v) is 8.50. The van der Waals surface area contributed by atoms with Crippen molar-refractivity contribution in [3.8, 4) is 28.7 Å². The summed E-state index contributed by atoms with van der Waals surface area (Å²) in [7, 11) is 0. The molecule has 5 aromatic rings. The van der Waals surface area contributed by atoms with Gasteiger partial charge in [-0.05, 0) is 37.6 Å². The van der Waals surface area contributed by atoms with Gasteiger partial charge in [0.05, 0.1) is 22.7 Å². The third kappa shape index (κ3) is 4.16. The van der Waals surface area contributed by atoms with Crippen LogP contribution in [0.1, 0.15) is 29.8 Å². The lowest BCUT2D eigenvalue weighted by Crippen LogP contribution is -2.13. The summed E-state index contributed by atoms with van der Waals surface area (Å²) >= 11 is 5.95. The van der Waals surface area contributed by atoms with E-state index in [1.165, 1.54) is 12.7 Å². The summed E-state index contributed by atoms with van der Waals surface area (Å²) in [5.41, 5.74) is 4.09. The van der Waals surface area contributed by atoms with Crippen molar-refractivity contribution in [2.75, 3.05) is 5.32 Å². The van der Waals surface area contributed by atoms with E-state index in [2.05, 4.69) is 21.4 Å². The number of aromatic nitrogens is 2. The smallest absolute Gasteiger partial charge is 0.202 e. The van der Waals surface area contributed by atoms with Crippen molar-refractivity contribution in [3.05, 3.63) is 99.5 Å². The second-order valence-electron chi connectivity index (χ2n) is 8.11. The minimum Gasteiger partial charge on any atom is -0.455 e. The van der Waals surface area contributed by atoms with Gasteiger partial charge in [0, 0.05) is 11.1 Å². The summed E-state index contributed by atoms with van der Waals surface area (Å²) in [5, 5.41) is 13.5. The number of nitrogens with one attached hydrogen (secondary N) is 1. The van der Waals surface area contributed by atoms with Gasteiger partial charge in [-0.25, -0.2) is 9.97 Å². The first-order valence-electron chi connectivity index (χ1n) is 10.8. The average molecular weight is 483 g/mol. The molecule has 172 valence electrons. The first-order chi connectivity index (χ1) is 17.0. The van der Waals surface area contributed by atoms with Crippen LogP contribution in [0.5, 0.6) is 0 Å². The van der Waals surface area contributed by atoms with E-state index in [1.54, 1.807) is 18.2 Å². The Morgan fingerprint density at radius 1 is 1.14 bits per heavy atom. The zero-order valence-corrected chi connectivity index (χ0v) is 19.6. The first kappa shape index (κ1) is 22.4. The number of benzene rings is 2. The summed E-state index contributed by atoms with van der Waals surface area (Å²) in [6.45, 7) is 3.85. The summed E-state index contributed by atoms with van der Waals surface area (Å²) in [6.07, 6.45) is 2.72. The molecule has 0 radical (unpaired) electrons. The predicted molar refractivity (Wildman–Crippen MR) is 134 cm³/mol. The highest BCUT2D eigenvalue weighted by Crippen LogP contribution is 2.35. The molecule has 1 atom stereocenters. The molecule has 3 aromatic heterocycles. The third-order valence-corrected chi connectivity index (χ3v) is 5.91. The molecular formula is C27H19ClN4O3. The quantitative estimate of drug-likeness (QED) is 0.284. The zero-order valence-electron chi connectivity index (χ0n) is 18.9. The number of halogens is 1. The van der Waals surface area contributed by atoms with Crippen LogP contribution in [0.2, 0.25) is 5.15 Å². The van der Waals surface area contributed by atoms with Gasteiger partial charge in [0.25, 0.3) is 0 Å². The maximum Gasteiger partial charge on any atom is 0.202 e. The van der Waals surface area contributed by atoms with Crippen LogP contribution in [0.15, 0.2) is 80.9 Å². The van der Waals surface area contributed by atoms with E-state index in [0.29, 0.717) is 33.7 Å². The molecule has 0 fully saturated rings. The highest BCUT2D eigenvalue weighted by atomic mass is 35.5. The van der Waals surface area contributed by atoms with Crippen molar-refractivity contribution >= 4 is 28.3 Å². The summed E-state index contributed by atoms with van der Waals surface area (Å²) in [6, 6.07) is 18.2. The maximum atomic E-state index is 13.8. The molecule has 2 aromatic carbocycles. The maximum absolute atomic E-state index is 13.8. The van der Waals surface area contributed by atoms with Crippen LogP contribution in [-0.2, 0) is 0 Å². The Labute approximate surface area is 205 Å². The topological polar surface area (TPSA) is 105 Å². The molecule has 7 nitrogen and oxygen atoms in total. The van der Waals surface area contributed by atoms with Crippen molar-refractivity contribution in [2.45, 2.75) is 19.9 Å². The van der Waals surface area contributed by atoms with Gasteiger partial charge in [0.1, 0.15) is 34.5 Å². The molecule has 0 aliphatic rings. The lowest BCUT2D eigenvalue weighted by atomic mass is 9.97. The van der Waals surface area contributed by atoms with Crippen LogP contribution >= 0.6 is 11.6 Å². The Morgan fingerprint density at radius 2 is 1.94 bits per heavy atom. The van der Waals surface area contributed by atoms with Crippen LogP contribution in [0, 0.1) is 18.3 Å². The predicted octanol–water partition coefficient (Wildman–Crippen LogP) is 6.52. The number of pyridine rings is 1. The highest BCUT2D eigenvalue weighted by Gasteiger charge is 2.23. The number of nitriles is 1. The van der Waals surface area contributed by atoms with Gasteiger partial charge in [0.2, 0.25) is 5.43 Å². The van der Waals surface area contributed by atoms with Crippen LogP contribution in [-0.4, -0.2) is 9.97 Å². The lowest BCUT2D eigenvalue weighted by Gasteiger charge is -2.19. The Bertz CT molecular complexity index is 1640. The van der Waals surface area contributed by atoms with Crippen LogP contribution in [0.25, 0.3) is 33.6 Å². The molecule has 0 spiro atoms. The molecule has 0 saturated carbocycles. The molecule has 5 rings (SSSR count). The minimum atomic E-state index is -0.322. The first-order valence-corrected chi connectivity index (χ1v) is 11.2. The van der Waals surface area contributed by atoms with Gasteiger partial charge in [-0.15, -0.1) is 0 Å². The average Bonchev–Trinajstić information content (AvgIpc) is 3.40. The van der Waals surface area contributed by atoms with Crippen LogP contribution < -0.4 is 10.7 Å². The van der Waals surface area contributed by atoms with E-state index in [0.717, 1.165) is 16.7 Å². The fourth-order valence-electron chi connectivity index (χ4n) is 4.11. The summed E-state index contributed by atoms with van der Waals surface area (Å²) < 4.78 is 11.6. The Hall–Kier alpha value is -4.41. The fraction of sp³-hybridized carbons (Fsp3) is 0.111. The molecule has 8 heteroatoms. The molecule has 0 aliphatic heterocycles. The number of nitrogens with zero attached hydrogens (tertiary/aromatic N) is 3. The van der Waals surface area contributed by atoms with E-state index < -0.39 is 0 Å². The molecule has 3 heterocycles. The molecule has 0 unspecified atom stereocenters. The number of anilines is 1. The van der Waals surface area contributed by atoms with E-state index in [4.69, 9.17) is 20.4 Å². The second kappa shape index (κ2) is 9.09. The van der Waals surface area contributed by atoms with Crippen LogP contribution in [0.4, 0.5) is 5.69 Å². The molecule has 0 aliphatic carbocycles. The Kier molecular flexibility index (Phi) is 5.81. The van der Waals surface area contributed by atoms with Gasteiger partial charge in [-0.3, -0.25) is 4.79 Å². The number of hydrogen-bond acceptors (Lipinski definition) is 7.